The smallest absolute Gasteiger partial charge is 0.233 e. The Hall–Kier alpha value is -2.20. The molecule has 1 heterocycles. The molecule has 0 fully saturated rings. The molecule has 3 rings (SSSR count). The van der Waals surface area contributed by atoms with Crippen LogP contribution in [0.3, 0.4) is 0 Å². The molecule has 0 N–H and O–H groups in total. The molecule has 0 bridgehead atoms. The predicted molar refractivity (Wildman–Crippen MR) is 128 cm³/mol. The maximum Gasteiger partial charge on any atom is 0.233 e. The van der Waals surface area contributed by atoms with E-state index in [4.69, 9.17) is 4.74 Å². The summed E-state index contributed by atoms with van der Waals surface area (Å²) >= 11 is 1.32. The lowest BCUT2D eigenvalue weighted by Gasteiger charge is -2.22. The first kappa shape index (κ1) is 25.1. The van der Waals surface area contributed by atoms with Crippen LogP contribution < -0.4 is 9.64 Å². The van der Waals surface area contributed by atoms with Crippen LogP contribution in [0.15, 0.2) is 47.4 Å². The van der Waals surface area contributed by atoms with Crippen molar-refractivity contribution < 1.29 is 17.9 Å². The van der Waals surface area contributed by atoms with E-state index < -0.39 is 9.84 Å². The number of nitrogens with zero attached hydrogens (tertiary/aromatic N) is 3. The number of fused-ring (bicyclic) bond motifs is 1. The molecule has 0 atom stereocenters. The summed E-state index contributed by atoms with van der Waals surface area (Å²) in [5, 5.41) is 0.566. The van der Waals surface area contributed by atoms with Crippen molar-refractivity contribution in [3.05, 3.63) is 48.0 Å². The fourth-order valence-corrected chi connectivity index (χ4v) is 4.65. The Balaban J connectivity index is 0.00000341. The number of likely N-dealkylation sites (N-methyl/N-ethyl adjacent to an activating group) is 1. The van der Waals surface area contributed by atoms with Gasteiger partial charge in [-0.05, 0) is 50.0 Å². The molecular weight excluding hydrogens is 458 g/mol. The molecule has 0 aliphatic rings. The average molecular weight is 484 g/mol. The van der Waals surface area contributed by atoms with Crippen LogP contribution in [0.1, 0.15) is 5.56 Å². The first-order chi connectivity index (χ1) is 14.2. The number of carbonyl (C=O) groups excluding carboxylic acids is 1. The van der Waals surface area contributed by atoms with Crippen LogP contribution in [-0.2, 0) is 21.1 Å². The van der Waals surface area contributed by atoms with Gasteiger partial charge in [0.05, 0.1) is 28.6 Å². The first-order valence-electron chi connectivity index (χ1n) is 9.36. The Morgan fingerprint density at radius 3 is 2.35 bits per heavy atom. The molecule has 1 amide bonds. The fraction of sp³-hybridized carbons (Fsp3) is 0.333. The van der Waals surface area contributed by atoms with E-state index in [9.17, 15) is 13.2 Å². The van der Waals surface area contributed by atoms with Gasteiger partial charge in [-0.1, -0.05) is 23.5 Å². The minimum absolute atomic E-state index is 0. The standard InChI is InChI=1S/C21H25N3O4S2.ClH/c1-23(2)11-12-24(20(25)13-15-5-7-16(28-3)8-6-15)21-22-18-10-9-17(30(4,26)27)14-19(18)29-21;/h5-10,14H,11-13H2,1-4H3;1H. The van der Waals surface area contributed by atoms with Crippen molar-refractivity contribution in [3.8, 4) is 5.75 Å². The molecule has 2 aromatic carbocycles. The Bertz CT molecular complexity index is 1150. The normalized spacial score (nSPS) is 11.4. The van der Waals surface area contributed by atoms with Gasteiger partial charge in [-0.15, -0.1) is 12.4 Å². The predicted octanol–water partition coefficient (Wildman–Crippen LogP) is 3.27. The van der Waals surface area contributed by atoms with E-state index in [0.717, 1.165) is 16.0 Å². The van der Waals surface area contributed by atoms with E-state index in [-0.39, 0.29) is 29.6 Å². The van der Waals surface area contributed by atoms with Gasteiger partial charge in [0, 0.05) is 19.3 Å². The second-order valence-electron chi connectivity index (χ2n) is 7.27. The highest BCUT2D eigenvalue weighted by Crippen LogP contribution is 2.31. The molecule has 0 radical (unpaired) electrons. The van der Waals surface area contributed by atoms with Crippen LogP contribution in [-0.4, -0.2) is 64.8 Å². The number of anilines is 1. The number of carbonyl (C=O) groups is 1. The third-order valence-corrected chi connectivity index (χ3v) is 6.75. The molecule has 168 valence electrons. The minimum Gasteiger partial charge on any atom is -0.497 e. The second-order valence-corrected chi connectivity index (χ2v) is 10.3. The highest BCUT2D eigenvalue weighted by atomic mass is 35.5. The zero-order valence-corrected chi connectivity index (χ0v) is 20.3. The van der Waals surface area contributed by atoms with E-state index in [1.807, 2.05) is 43.3 Å². The van der Waals surface area contributed by atoms with Gasteiger partial charge in [-0.3, -0.25) is 9.69 Å². The lowest BCUT2D eigenvalue weighted by molar-refractivity contribution is -0.118. The summed E-state index contributed by atoms with van der Waals surface area (Å²) < 4.78 is 29.6. The van der Waals surface area contributed by atoms with Gasteiger partial charge in [0.15, 0.2) is 15.0 Å². The molecule has 31 heavy (non-hydrogen) atoms. The van der Waals surface area contributed by atoms with Crippen LogP contribution in [0.2, 0.25) is 0 Å². The number of hydrogen-bond donors (Lipinski definition) is 0. The van der Waals surface area contributed by atoms with Crippen molar-refractivity contribution in [2.45, 2.75) is 11.3 Å². The van der Waals surface area contributed by atoms with Gasteiger partial charge in [-0.25, -0.2) is 13.4 Å². The van der Waals surface area contributed by atoms with Crippen LogP contribution in [0.25, 0.3) is 10.2 Å². The summed E-state index contributed by atoms with van der Waals surface area (Å²) in [5.74, 6) is 0.674. The van der Waals surface area contributed by atoms with Gasteiger partial charge >= 0.3 is 0 Å². The third kappa shape index (κ3) is 6.39. The van der Waals surface area contributed by atoms with Gasteiger partial charge in [-0.2, -0.15) is 0 Å². The largest absolute Gasteiger partial charge is 0.497 e. The highest BCUT2D eigenvalue weighted by molar-refractivity contribution is 7.90. The first-order valence-corrected chi connectivity index (χ1v) is 12.1. The van der Waals surface area contributed by atoms with Gasteiger partial charge in [0.25, 0.3) is 0 Å². The SMILES string of the molecule is COc1ccc(CC(=O)N(CCN(C)C)c2nc3ccc(S(C)(=O)=O)cc3s2)cc1.Cl. The molecule has 3 aromatic rings. The average Bonchev–Trinajstić information content (AvgIpc) is 3.10. The Morgan fingerprint density at radius 1 is 1.10 bits per heavy atom. The van der Waals surface area contributed by atoms with Crippen molar-refractivity contribution in [2.24, 2.45) is 0 Å². The zero-order chi connectivity index (χ0) is 21.9. The topological polar surface area (TPSA) is 79.8 Å². The summed E-state index contributed by atoms with van der Waals surface area (Å²) in [4.78, 5) is 21.6. The number of sulfone groups is 1. The monoisotopic (exact) mass is 483 g/mol. The molecule has 7 nitrogen and oxygen atoms in total. The summed E-state index contributed by atoms with van der Waals surface area (Å²) in [6, 6.07) is 12.3. The number of methoxy groups -OCH3 is 1. The highest BCUT2D eigenvalue weighted by Gasteiger charge is 2.21. The van der Waals surface area contributed by atoms with E-state index in [1.54, 1.807) is 30.2 Å². The number of rotatable bonds is 8. The van der Waals surface area contributed by atoms with Gasteiger partial charge in [0.2, 0.25) is 5.91 Å². The number of benzene rings is 2. The van der Waals surface area contributed by atoms with Crippen LogP contribution in [0.4, 0.5) is 5.13 Å². The third-order valence-electron chi connectivity index (χ3n) is 4.59. The van der Waals surface area contributed by atoms with Crippen molar-refractivity contribution in [1.29, 1.82) is 0 Å². The lowest BCUT2D eigenvalue weighted by atomic mass is 10.1. The van der Waals surface area contributed by atoms with E-state index in [0.29, 0.717) is 23.7 Å². The van der Waals surface area contributed by atoms with Crippen molar-refractivity contribution in [3.63, 3.8) is 0 Å². The number of hydrogen-bond acceptors (Lipinski definition) is 7. The van der Waals surface area contributed by atoms with Crippen molar-refractivity contribution in [2.75, 3.05) is 45.5 Å². The van der Waals surface area contributed by atoms with E-state index in [2.05, 4.69) is 4.98 Å². The molecule has 10 heteroatoms. The minimum atomic E-state index is -3.31. The molecule has 0 saturated heterocycles. The summed E-state index contributed by atoms with van der Waals surface area (Å²) in [7, 11) is 2.19. The maximum atomic E-state index is 13.1. The Labute approximate surface area is 193 Å². The van der Waals surface area contributed by atoms with Crippen molar-refractivity contribution in [1.82, 2.24) is 9.88 Å². The van der Waals surface area contributed by atoms with Crippen LogP contribution >= 0.6 is 23.7 Å². The number of halogens is 1. The quantitative estimate of drug-likeness (QED) is 0.489. The molecule has 0 unspecified atom stereocenters. The maximum absolute atomic E-state index is 13.1. The molecule has 0 aliphatic carbocycles. The number of thiazole rings is 1. The number of aromatic nitrogens is 1. The molecule has 0 spiro atoms. The Morgan fingerprint density at radius 2 is 1.77 bits per heavy atom. The molecule has 1 aromatic heterocycles. The summed E-state index contributed by atoms with van der Waals surface area (Å²) in [6.45, 7) is 1.17. The lowest BCUT2D eigenvalue weighted by Crippen LogP contribution is -2.37. The summed E-state index contributed by atoms with van der Waals surface area (Å²) in [5.41, 5.74) is 1.56. The second kappa shape index (κ2) is 10.4. The Kier molecular flexibility index (Phi) is 8.41. The number of amides is 1. The summed E-state index contributed by atoms with van der Waals surface area (Å²) in [6.07, 6.45) is 1.42. The molecule has 0 aliphatic heterocycles. The van der Waals surface area contributed by atoms with Crippen LogP contribution in [0, 0.1) is 0 Å². The van der Waals surface area contributed by atoms with Crippen molar-refractivity contribution >= 4 is 54.8 Å². The number of ether oxygens (including phenoxy) is 1. The molecular formula is C21H26ClN3O4S2. The van der Waals surface area contributed by atoms with E-state index in [1.165, 1.54) is 17.6 Å². The zero-order valence-electron chi connectivity index (χ0n) is 17.9. The van der Waals surface area contributed by atoms with Gasteiger partial charge in [0.1, 0.15) is 5.75 Å². The molecule has 0 saturated carbocycles. The van der Waals surface area contributed by atoms with Crippen LogP contribution in [0.5, 0.6) is 5.75 Å². The fourth-order valence-electron chi connectivity index (χ4n) is 2.88. The van der Waals surface area contributed by atoms with E-state index >= 15 is 0 Å². The van der Waals surface area contributed by atoms with Gasteiger partial charge < -0.3 is 9.64 Å².